The Bertz CT molecular complexity index is 488. The van der Waals surface area contributed by atoms with E-state index >= 15 is 0 Å². The first-order valence-corrected chi connectivity index (χ1v) is 6.56. The van der Waals surface area contributed by atoms with Crippen molar-refractivity contribution in [2.75, 3.05) is 6.54 Å². The van der Waals surface area contributed by atoms with Crippen LogP contribution in [-0.4, -0.2) is 16.3 Å². The van der Waals surface area contributed by atoms with E-state index in [0.717, 1.165) is 26.1 Å². The van der Waals surface area contributed by atoms with Crippen molar-refractivity contribution >= 4 is 0 Å². The van der Waals surface area contributed by atoms with E-state index < -0.39 is 0 Å². The van der Waals surface area contributed by atoms with Crippen LogP contribution >= 0.6 is 0 Å². The van der Waals surface area contributed by atoms with E-state index in [0.29, 0.717) is 0 Å². The van der Waals surface area contributed by atoms with Gasteiger partial charge in [-0.15, -0.1) is 0 Å². The summed E-state index contributed by atoms with van der Waals surface area (Å²) in [6, 6.07) is 10.7. The predicted molar refractivity (Wildman–Crippen MR) is 74.5 cm³/mol. The van der Waals surface area contributed by atoms with Gasteiger partial charge in [-0.25, -0.2) is 0 Å². The third-order valence-electron chi connectivity index (χ3n) is 2.95. The first kappa shape index (κ1) is 12.8. The number of aryl methyl sites for hydroxylation is 1. The summed E-state index contributed by atoms with van der Waals surface area (Å²) in [6.45, 7) is 7.08. The summed E-state index contributed by atoms with van der Waals surface area (Å²) >= 11 is 0. The molecule has 1 aromatic heterocycles. The predicted octanol–water partition coefficient (Wildman–Crippen LogP) is 2.74. The molecule has 2 aromatic rings. The van der Waals surface area contributed by atoms with Gasteiger partial charge in [0.25, 0.3) is 0 Å². The topological polar surface area (TPSA) is 29.9 Å². The molecule has 3 nitrogen and oxygen atoms in total. The maximum Gasteiger partial charge on any atom is 0.0663 e. The van der Waals surface area contributed by atoms with Gasteiger partial charge >= 0.3 is 0 Å². The molecule has 18 heavy (non-hydrogen) atoms. The Morgan fingerprint density at radius 1 is 1.28 bits per heavy atom. The highest BCUT2D eigenvalue weighted by atomic mass is 15.3. The maximum absolute atomic E-state index is 4.40. The van der Waals surface area contributed by atoms with Crippen molar-refractivity contribution in [1.82, 2.24) is 15.1 Å². The SMILES string of the molecule is CCCNCc1ccnn1Cc1cccc(C)c1. The molecular formula is C15H21N3. The number of hydrogen-bond acceptors (Lipinski definition) is 2. The molecule has 2 rings (SSSR count). The van der Waals surface area contributed by atoms with Crippen LogP contribution < -0.4 is 5.32 Å². The molecule has 0 aliphatic rings. The van der Waals surface area contributed by atoms with Gasteiger partial charge in [-0.2, -0.15) is 5.10 Å². The third kappa shape index (κ3) is 3.44. The van der Waals surface area contributed by atoms with E-state index in [1.54, 1.807) is 0 Å². The monoisotopic (exact) mass is 243 g/mol. The van der Waals surface area contributed by atoms with Gasteiger partial charge in [-0.05, 0) is 31.5 Å². The summed E-state index contributed by atoms with van der Waals surface area (Å²) in [7, 11) is 0. The molecule has 0 fully saturated rings. The first-order valence-electron chi connectivity index (χ1n) is 6.56. The molecule has 0 aliphatic heterocycles. The zero-order chi connectivity index (χ0) is 12.8. The van der Waals surface area contributed by atoms with Crippen LogP contribution in [0, 0.1) is 6.92 Å². The Hall–Kier alpha value is -1.61. The van der Waals surface area contributed by atoms with E-state index in [-0.39, 0.29) is 0 Å². The van der Waals surface area contributed by atoms with Gasteiger partial charge in [-0.3, -0.25) is 4.68 Å². The highest BCUT2D eigenvalue weighted by Gasteiger charge is 2.03. The molecule has 0 bridgehead atoms. The lowest BCUT2D eigenvalue weighted by molar-refractivity contribution is 0.592. The Labute approximate surface area is 109 Å². The van der Waals surface area contributed by atoms with Crippen LogP contribution in [0.2, 0.25) is 0 Å². The smallest absolute Gasteiger partial charge is 0.0663 e. The zero-order valence-corrected chi connectivity index (χ0v) is 11.2. The third-order valence-corrected chi connectivity index (χ3v) is 2.95. The molecule has 0 spiro atoms. The second-order valence-corrected chi connectivity index (χ2v) is 4.65. The van der Waals surface area contributed by atoms with Crippen molar-refractivity contribution in [2.45, 2.75) is 33.4 Å². The van der Waals surface area contributed by atoms with E-state index in [1.807, 2.05) is 6.20 Å². The molecule has 0 radical (unpaired) electrons. The maximum atomic E-state index is 4.40. The molecule has 0 amide bonds. The molecule has 0 atom stereocenters. The van der Waals surface area contributed by atoms with Crippen LogP contribution in [0.25, 0.3) is 0 Å². The van der Waals surface area contributed by atoms with Crippen molar-refractivity contribution in [1.29, 1.82) is 0 Å². The van der Waals surface area contributed by atoms with Gasteiger partial charge in [0.2, 0.25) is 0 Å². The number of hydrogen-bond donors (Lipinski definition) is 1. The molecule has 1 aromatic carbocycles. The summed E-state index contributed by atoms with van der Waals surface area (Å²) in [5, 5.41) is 7.81. The number of rotatable bonds is 6. The first-order chi connectivity index (χ1) is 8.79. The normalized spacial score (nSPS) is 10.8. The molecule has 0 saturated heterocycles. The molecule has 96 valence electrons. The number of benzene rings is 1. The van der Waals surface area contributed by atoms with Gasteiger partial charge in [0, 0.05) is 12.7 Å². The van der Waals surface area contributed by atoms with Crippen LogP contribution in [0.1, 0.15) is 30.2 Å². The molecule has 0 aliphatic carbocycles. The number of aromatic nitrogens is 2. The zero-order valence-electron chi connectivity index (χ0n) is 11.2. The molecule has 1 N–H and O–H groups in total. The standard InChI is InChI=1S/C15H21N3/c1-3-8-16-11-15-7-9-17-18(15)12-14-6-4-5-13(2)10-14/h4-7,9-10,16H,3,8,11-12H2,1-2H3. The fourth-order valence-corrected chi connectivity index (χ4v) is 2.03. The lowest BCUT2D eigenvalue weighted by atomic mass is 10.1. The minimum absolute atomic E-state index is 0.845. The highest BCUT2D eigenvalue weighted by Crippen LogP contribution is 2.08. The molecule has 1 heterocycles. The quantitative estimate of drug-likeness (QED) is 0.791. The second kappa shape index (κ2) is 6.36. The summed E-state index contributed by atoms with van der Waals surface area (Å²) < 4.78 is 2.07. The van der Waals surface area contributed by atoms with Gasteiger partial charge in [0.15, 0.2) is 0 Å². The van der Waals surface area contributed by atoms with E-state index in [2.05, 4.69) is 59.3 Å². The average Bonchev–Trinajstić information content (AvgIpc) is 2.77. The largest absolute Gasteiger partial charge is 0.311 e. The minimum Gasteiger partial charge on any atom is -0.311 e. The molecule has 0 saturated carbocycles. The van der Waals surface area contributed by atoms with Crippen LogP contribution in [0.3, 0.4) is 0 Å². The Kier molecular flexibility index (Phi) is 4.53. The fourth-order valence-electron chi connectivity index (χ4n) is 2.03. The lowest BCUT2D eigenvalue weighted by Crippen LogP contribution is -2.17. The second-order valence-electron chi connectivity index (χ2n) is 4.65. The summed E-state index contributed by atoms with van der Waals surface area (Å²) in [5.74, 6) is 0. The molecule has 0 unspecified atom stereocenters. The van der Waals surface area contributed by atoms with Crippen molar-refractivity contribution in [3.63, 3.8) is 0 Å². The minimum atomic E-state index is 0.845. The molecule has 3 heteroatoms. The van der Waals surface area contributed by atoms with Gasteiger partial charge in [0.05, 0.1) is 12.2 Å². The van der Waals surface area contributed by atoms with Crippen LogP contribution in [-0.2, 0) is 13.1 Å². The Balaban J connectivity index is 2.03. The number of nitrogens with zero attached hydrogens (tertiary/aromatic N) is 2. The highest BCUT2D eigenvalue weighted by molar-refractivity contribution is 5.22. The van der Waals surface area contributed by atoms with Crippen LogP contribution in [0.5, 0.6) is 0 Å². The Morgan fingerprint density at radius 3 is 2.94 bits per heavy atom. The van der Waals surface area contributed by atoms with E-state index in [1.165, 1.54) is 16.8 Å². The number of nitrogens with one attached hydrogen (secondary N) is 1. The van der Waals surface area contributed by atoms with Crippen molar-refractivity contribution < 1.29 is 0 Å². The molecular weight excluding hydrogens is 222 g/mol. The Morgan fingerprint density at radius 2 is 2.17 bits per heavy atom. The van der Waals surface area contributed by atoms with Crippen molar-refractivity contribution in [3.05, 3.63) is 53.3 Å². The summed E-state index contributed by atoms with van der Waals surface area (Å²) in [5.41, 5.74) is 3.84. The van der Waals surface area contributed by atoms with Gasteiger partial charge < -0.3 is 5.32 Å². The summed E-state index contributed by atoms with van der Waals surface area (Å²) in [6.07, 6.45) is 3.03. The van der Waals surface area contributed by atoms with E-state index in [4.69, 9.17) is 0 Å². The van der Waals surface area contributed by atoms with Crippen LogP contribution in [0.15, 0.2) is 36.5 Å². The van der Waals surface area contributed by atoms with Crippen LogP contribution in [0.4, 0.5) is 0 Å². The van der Waals surface area contributed by atoms with Gasteiger partial charge in [0.1, 0.15) is 0 Å². The van der Waals surface area contributed by atoms with Crippen molar-refractivity contribution in [3.8, 4) is 0 Å². The fraction of sp³-hybridized carbons (Fsp3) is 0.400. The van der Waals surface area contributed by atoms with Crippen molar-refractivity contribution in [2.24, 2.45) is 0 Å². The van der Waals surface area contributed by atoms with E-state index in [9.17, 15) is 0 Å². The average molecular weight is 243 g/mol. The lowest BCUT2D eigenvalue weighted by Gasteiger charge is -2.09. The summed E-state index contributed by atoms with van der Waals surface area (Å²) in [4.78, 5) is 0. The van der Waals surface area contributed by atoms with Gasteiger partial charge in [-0.1, -0.05) is 36.8 Å².